The van der Waals surface area contributed by atoms with E-state index < -0.39 is 28.8 Å². The van der Waals surface area contributed by atoms with Gasteiger partial charge in [-0.3, -0.25) is 14.2 Å². The summed E-state index contributed by atoms with van der Waals surface area (Å²) < 4.78 is 20.8. The number of aryl methyl sites for hydroxylation is 1. The number of benzene rings is 1. The van der Waals surface area contributed by atoms with Crippen LogP contribution in [0.1, 0.15) is 70.6 Å². The van der Waals surface area contributed by atoms with Gasteiger partial charge >= 0.3 is 5.69 Å². The number of carbonyl (C=O) groups excluding carboxylic acids is 1. The van der Waals surface area contributed by atoms with Crippen LogP contribution in [0.2, 0.25) is 0 Å². The number of oxazole rings is 1. The number of amides is 1. The first-order valence-corrected chi connectivity index (χ1v) is 15.3. The number of hydrogen-bond acceptors (Lipinski definition) is 9. The van der Waals surface area contributed by atoms with Crippen LogP contribution in [0.15, 0.2) is 50.7 Å². The van der Waals surface area contributed by atoms with Gasteiger partial charge in [-0.2, -0.15) is 0 Å². The second kappa shape index (κ2) is 12.1. The molecule has 3 aromatic heterocycles. The minimum absolute atomic E-state index is 0.0208. The maximum Gasteiger partial charge on any atom is 0.333 e. The molecular formula is C31H38N4O7S. The summed E-state index contributed by atoms with van der Waals surface area (Å²) in [5, 5.41) is 10.4. The van der Waals surface area contributed by atoms with Gasteiger partial charge in [-0.05, 0) is 71.9 Å². The molecule has 0 saturated heterocycles. The molecule has 0 spiro atoms. The van der Waals surface area contributed by atoms with Gasteiger partial charge in [0.25, 0.3) is 5.56 Å². The fourth-order valence-electron chi connectivity index (χ4n) is 5.55. The number of primary amides is 1. The largest absolute Gasteiger partial charge is 0.491 e. The number of aromatic nitrogens is 3. The lowest BCUT2D eigenvalue weighted by Gasteiger charge is -2.31. The van der Waals surface area contributed by atoms with E-state index >= 15 is 0 Å². The quantitative estimate of drug-likeness (QED) is 0.270. The van der Waals surface area contributed by atoms with Crippen molar-refractivity contribution in [1.82, 2.24) is 14.1 Å². The molecular weight excluding hydrogens is 572 g/mol. The molecule has 3 heterocycles. The van der Waals surface area contributed by atoms with Crippen molar-refractivity contribution in [2.75, 3.05) is 0 Å². The lowest BCUT2D eigenvalue weighted by Crippen LogP contribution is -2.54. The summed E-state index contributed by atoms with van der Waals surface area (Å²) in [4.78, 5) is 46.1. The van der Waals surface area contributed by atoms with E-state index in [4.69, 9.17) is 19.6 Å². The van der Waals surface area contributed by atoms with Crippen LogP contribution in [0.3, 0.4) is 0 Å². The van der Waals surface area contributed by atoms with Crippen molar-refractivity contribution in [2.24, 2.45) is 5.73 Å². The maximum absolute atomic E-state index is 14.3. The second-order valence-electron chi connectivity index (χ2n) is 11.8. The van der Waals surface area contributed by atoms with E-state index in [1.807, 2.05) is 38.1 Å². The third-order valence-electron chi connectivity index (χ3n) is 7.98. The number of thiophene rings is 1. The molecule has 3 N–H and O–H groups in total. The molecule has 5 rings (SSSR count). The van der Waals surface area contributed by atoms with Gasteiger partial charge in [-0.25, -0.2) is 14.3 Å². The normalized spacial score (nSPS) is 18.3. The predicted octanol–water partition coefficient (Wildman–Crippen LogP) is 4.26. The summed E-state index contributed by atoms with van der Waals surface area (Å²) in [5.41, 5.74) is 4.13. The van der Waals surface area contributed by atoms with Crippen molar-refractivity contribution < 1.29 is 23.8 Å². The van der Waals surface area contributed by atoms with Crippen molar-refractivity contribution in [1.29, 1.82) is 0 Å². The summed E-state index contributed by atoms with van der Waals surface area (Å²) in [7, 11) is 0. The van der Waals surface area contributed by atoms with E-state index in [-0.39, 0.29) is 30.2 Å². The molecule has 0 bridgehead atoms. The average Bonchev–Trinajstić information content (AvgIpc) is 3.59. The molecule has 4 aromatic rings. The van der Waals surface area contributed by atoms with E-state index in [9.17, 15) is 19.5 Å². The van der Waals surface area contributed by atoms with Crippen molar-refractivity contribution in [3.05, 3.63) is 68.7 Å². The minimum Gasteiger partial charge on any atom is -0.491 e. The Morgan fingerprint density at radius 2 is 1.91 bits per heavy atom. The Labute approximate surface area is 252 Å². The van der Waals surface area contributed by atoms with Crippen molar-refractivity contribution in [2.45, 2.75) is 96.8 Å². The van der Waals surface area contributed by atoms with Gasteiger partial charge < -0.3 is 24.7 Å². The van der Waals surface area contributed by atoms with Gasteiger partial charge in [0.2, 0.25) is 11.8 Å². The van der Waals surface area contributed by atoms with Crippen molar-refractivity contribution >= 4 is 27.5 Å². The van der Waals surface area contributed by atoms with E-state index in [1.165, 1.54) is 42.2 Å². The number of ether oxygens (including phenoxy) is 2. The van der Waals surface area contributed by atoms with Crippen molar-refractivity contribution in [3.8, 4) is 16.5 Å². The number of para-hydroxylation sites is 1. The molecule has 1 fully saturated rings. The van der Waals surface area contributed by atoms with Gasteiger partial charge in [0.05, 0.1) is 41.3 Å². The average molecular weight is 611 g/mol. The number of carbonyl (C=O) groups is 1. The highest BCUT2D eigenvalue weighted by Crippen LogP contribution is 2.38. The zero-order valence-electron chi connectivity index (χ0n) is 25.0. The summed E-state index contributed by atoms with van der Waals surface area (Å²) >= 11 is 1.22. The zero-order valence-corrected chi connectivity index (χ0v) is 25.8. The van der Waals surface area contributed by atoms with Crippen molar-refractivity contribution in [3.63, 3.8) is 0 Å². The van der Waals surface area contributed by atoms with Crippen LogP contribution >= 0.6 is 11.3 Å². The number of aliphatic hydroxyl groups is 1. The Morgan fingerprint density at radius 3 is 2.53 bits per heavy atom. The molecule has 1 atom stereocenters. The van der Waals surface area contributed by atoms with Crippen LogP contribution in [-0.2, 0) is 21.6 Å². The molecule has 43 heavy (non-hydrogen) atoms. The monoisotopic (exact) mass is 610 g/mol. The Bertz CT molecular complexity index is 1730. The molecule has 11 nitrogen and oxygen atoms in total. The first-order valence-electron chi connectivity index (χ1n) is 14.5. The SMILES string of the molecule is Cc1c(-c2ncco2)sc2c1c(=O)n(C(C)(C)C(N)=O)c(=O)n2C[C@H](OC1CCC(O)CC1)c1ccccc1OC(C)C. The molecule has 1 aliphatic rings. The molecule has 0 radical (unpaired) electrons. The second-order valence-corrected chi connectivity index (χ2v) is 12.8. The van der Waals surface area contributed by atoms with Crippen LogP contribution in [-0.4, -0.2) is 43.4 Å². The first-order chi connectivity index (χ1) is 20.4. The Balaban J connectivity index is 1.74. The standard InChI is InChI=1S/C31H38N4O7S/c1-17(2)41-22-9-7-6-8-21(22)23(42-20-12-10-19(36)11-13-20)16-34-28-24(18(3)25(43-28)26-33-14-15-40-26)27(37)35(30(34)39)31(4,5)29(32)38/h6-9,14-15,17,19-20,23,36H,10-13,16H2,1-5H3,(H2,32,38)/t19?,20?,23-/m0/s1. The third kappa shape index (κ3) is 5.91. The Hall–Kier alpha value is -3.74. The maximum atomic E-state index is 14.3. The summed E-state index contributed by atoms with van der Waals surface area (Å²) in [6, 6.07) is 7.53. The fraction of sp³-hybridized carbons (Fsp3) is 0.484. The van der Waals surface area contributed by atoms with Crippen LogP contribution in [0.25, 0.3) is 21.0 Å². The van der Waals surface area contributed by atoms with E-state index in [2.05, 4.69) is 4.98 Å². The summed E-state index contributed by atoms with van der Waals surface area (Å²) in [6.07, 6.45) is 4.22. The molecule has 0 unspecified atom stereocenters. The minimum atomic E-state index is -1.61. The van der Waals surface area contributed by atoms with Crippen LogP contribution in [0.5, 0.6) is 5.75 Å². The number of nitrogens with zero attached hydrogens (tertiary/aromatic N) is 3. The highest BCUT2D eigenvalue weighted by molar-refractivity contribution is 7.22. The van der Waals surface area contributed by atoms with E-state index in [0.717, 1.165) is 10.1 Å². The molecule has 0 aliphatic heterocycles. The van der Waals surface area contributed by atoms with Crippen LogP contribution in [0.4, 0.5) is 0 Å². The van der Waals surface area contributed by atoms with Gasteiger partial charge in [0.1, 0.15) is 28.5 Å². The van der Waals surface area contributed by atoms with E-state index in [0.29, 0.717) is 52.6 Å². The molecule has 1 amide bonds. The highest BCUT2D eigenvalue weighted by Gasteiger charge is 2.35. The molecule has 230 valence electrons. The summed E-state index contributed by atoms with van der Waals surface area (Å²) in [6.45, 7) is 8.57. The Morgan fingerprint density at radius 1 is 1.21 bits per heavy atom. The van der Waals surface area contributed by atoms with Gasteiger partial charge in [0.15, 0.2) is 0 Å². The summed E-state index contributed by atoms with van der Waals surface area (Å²) in [5.74, 6) is 0.126. The lowest BCUT2D eigenvalue weighted by atomic mass is 9.94. The molecule has 12 heteroatoms. The smallest absolute Gasteiger partial charge is 0.333 e. The number of fused-ring (bicyclic) bond motifs is 1. The highest BCUT2D eigenvalue weighted by atomic mass is 32.1. The third-order valence-corrected chi connectivity index (χ3v) is 9.28. The van der Waals surface area contributed by atoms with Crippen LogP contribution < -0.4 is 21.7 Å². The fourth-order valence-corrected chi connectivity index (χ4v) is 6.79. The van der Waals surface area contributed by atoms with Gasteiger partial charge in [0, 0.05) is 5.56 Å². The lowest BCUT2D eigenvalue weighted by molar-refractivity contribution is -0.125. The molecule has 1 saturated carbocycles. The van der Waals surface area contributed by atoms with Gasteiger partial charge in [-0.1, -0.05) is 18.2 Å². The Kier molecular flexibility index (Phi) is 8.64. The number of nitrogens with two attached hydrogens (primary N) is 1. The number of aliphatic hydroxyl groups excluding tert-OH is 1. The van der Waals surface area contributed by atoms with E-state index in [1.54, 1.807) is 6.92 Å². The molecule has 1 aliphatic carbocycles. The number of hydrogen-bond donors (Lipinski definition) is 2. The zero-order chi connectivity index (χ0) is 31.1. The van der Waals surface area contributed by atoms with Crippen LogP contribution in [0, 0.1) is 6.92 Å². The first kappa shape index (κ1) is 30.7. The number of rotatable bonds is 10. The topological polar surface area (TPSA) is 152 Å². The molecule has 1 aromatic carbocycles. The van der Waals surface area contributed by atoms with Gasteiger partial charge in [-0.15, -0.1) is 11.3 Å². The predicted molar refractivity (Wildman–Crippen MR) is 163 cm³/mol.